The highest BCUT2D eigenvalue weighted by molar-refractivity contribution is 6.00. The average molecular weight is 626 g/mol. The van der Waals surface area contributed by atoms with E-state index >= 15 is 0 Å². The van der Waals surface area contributed by atoms with Crippen molar-refractivity contribution >= 4 is 33.5 Å². The van der Waals surface area contributed by atoms with E-state index < -0.39 is 0 Å². The van der Waals surface area contributed by atoms with Crippen LogP contribution in [-0.2, 0) is 11.2 Å². The van der Waals surface area contributed by atoms with Gasteiger partial charge in [0.25, 0.3) is 0 Å². The fourth-order valence-electron chi connectivity index (χ4n) is 5.56. The van der Waals surface area contributed by atoms with Gasteiger partial charge in [-0.05, 0) is 73.3 Å². The lowest BCUT2D eigenvalue weighted by molar-refractivity contribution is -0.115. The van der Waals surface area contributed by atoms with E-state index in [0.717, 1.165) is 50.9 Å². The molecule has 4 heterocycles. The maximum absolute atomic E-state index is 14.7. The molecule has 0 bridgehead atoms. The maximum Gasteiger partial charge on any atom is 0.228 e. The number of nitrogens with zero attached hydrogens (tertiary/aromatic N) is 4. The van der Waals surface area contributed by atoms with Crippen LogP contribution in [0, 0.1) is 5.82 Å². The van der Waals surface area contributed by atoms with Crippen molar-refractivity contribution in [2.45, 2.75) is 6.42 Å². The van der Waals surface area contributed by atoms with Gasteiger partial charge < -0.3 is 19.9 Å². The zero-order valence-electron chi connectivity index (χ0n) is 25.9. The summed E-state index contributed by atoms with van der Waals surface area (Å²) in [7, 11) is 3.93. The molecule has 0 unspecified atom stereocenters. The smallest absolute Gasteiger partial charge is 0.228 e. The average Bonchev–Trinajstić information content (AvgIpc) is 3.69. The molecule has 9 nitrogen and oxygen atoms in total. The summed E-state index contributed by atoms with van der Waals surface area (Å²) in [6.07, 6.45) is 3.60. The highest BCUT2D eigenvalue weighted by Gasteiger charge is 2.17. The molecule has 3 N–H and O–H groups in total. The normalized spacial score (nSPS) is 11.4. The van der Waals surface area contributed by atoms with Crippen molar-refractivity contribution < 1.29 is 13.9 Å². The summed E-state index contributed by atoms with van der Waals surface area (Å²) < 4.78 is 20.6. The molecule has 4 aromatic heterocycles. The third kappa shape index (κ3) is 6.58. The van der Waals surface area contributed by atoms with Crippen LogP contribution in [0.3, 0.4) is 0 Å². The fraction of sp³-hybridized carbons (Fsp3) is 0.135. The van der Waals surface area contributed by atoms with Gasteiger partial charge >= 0.3 is 0 Å². The number of amides is 1. The maximum atomic E-state index is 14.7. The number of carbonyl (C=O) groups excluding carboxylic acids is 1. The van der Waals surface area contributed by atoms with E-state index in [1.807, 2.05) is 97.9 Å². The van der Waals surface area contributed by atoms with Gasteiger partial charge in [0.05, 0.1) is 35.2 Å². The summed E-state index contributed by atoms with van der Waals surface area (Å²) in [4.78, 5) is 27.4. The van der Waals surface area contributed by atoms with Crippen LogP contribution in [0.5, 0.6) is 5.75 Å². The van der Waals surface area contributed by atoms with E-state index in [4.69, 9.17) is 9.72 Å². The molecule has 0 aliphatic carbocycles. The number of H-pyrrole nitrogens is 2. The number of halogens is 1. The number of hydrogen-bond donors (Lipinski definition) is 3. The van der Waals surface area contributed by atoms with Crippen LogP contribution < -0.4 is 10.1 Å². The van der Waals surface area contributed by atoms with Crippen molar-refractivity contribution in [3.63, 3.8) is 0 Å². The van der Waals surface area contributed by atoms with Gasteiger partial charge in [0, 0.05) is 35.3 Å². The molecule has 0 saturated carbocycles. The highest BCUT2D eigenvalue weighted by atomic mass is 19.1. The van der Waals surface area contributed by atoms with Crippen LogP contribution in [0.2, 0.25) is 0 Å². The molecule has 0 atom stereocenters. The van der Waals surface area contributed by atoms with Crippen LogP contribution in [-0.4, -0.2) is 63.2 Å². The van der Waals surface area contributed by atoms with Crippen molar-refractivity contribution in [2.24, 2.45) is 0 Å². The molecule has 0 radical (unpaired) electrons. The first kappa shape index (κ1) is 29.8. The molecule has 0 saturated heterocycles. The molecule has 234 valence electrons. The Labute approximate surface area is 270 Å². The third-order valence-electron chi connectivity index (χ3n) is 7.84. The fourth-order valence-corrected chi connectivity index (χ4v) is 5.56. The molecule has 7 aromatic rings. The standard InChI is InChI=1S/C37H32FN7O2/c1-45(2)13-14-47-28-18-24(16-26(38)19-28)29-9-6-10-32-30(29)20-34(41-32)37-36-33(43-44-37)12-11-31(42-36)25-17-27(22-39-21-25)40-35(46)15-23-7-4-3-5-8-23/h3-12,16-22,41H,13-15H2,1-2H3,(H,40,46)(H,43,44). The first-order valence-electron chi connectivity index (χ1n) is 15.2. The van der Waals surface area contributed by atoms with Crippen molar-refractivity contribution in [1.29, 1.82) is 0 Å². The first-order chi connectivity index (χ1) is 22.9. The molecule has 10 heteroatoms. The van der Waals surface area contributed by atoms with Crippen molar-refractivity contribution in [3.05, 3.63) is 115 Å². The molecular formula is C37H32FN7O2. The highest BCUT2D eigenvalue weighted by Crippen LogP contribution is 2.36. The number of anilines is 1. The molecule has 3 aromatic carbocycles. The number of fused-ring (bicyclic) bond motifs is 2. The number of ether oxygens (including phenoxy) is 1. The molecule has 0 fully saturated rings. The van der Waals surface area contributed by atoms with Gasteiger partial charge in [0.2, 0.25) is 5.91 Å². The van der Waals surface area contributed by atoms with Gasteiger partial charge in [-0.25, -0.2) is 9.37 Å². The van der Waals surface area contributed by atoms with Crippen LogP contribution in [0.4, 0.5) is 10.1 Å². The summed E-state index contributed by atoms with van der Waals surface area (Å²) in [5.41, 5.74) is 8.29. The second kappa shape index (κ2) is 12.9. The van der Waals surface area contributed by atoms with Crippen LogP contribution >= 0.6 is 0 Å². The lowest BCUT2D eigenvalue weighted by atomic mass is 10.0. The van der Waals surface area contributed by atoms with Crippen molar-refractivity contribution in [2.75, 3.05) is 32.6 Å². The first-order valence-corrected chi connectivity index (χ1v) is 15.2. The number of rotatable bonds is 10. The molecule has 1 amide bonds. The predicted octanol–water partition coefficient (Wildman–Crippen LogP) is 7.10. The predicted molar refractivity (Wildman–Crippen MR) is 183 cm³/mol. The number of nitrogens with one attached hydrogen (secondary N) is 3. The summed E-state index contributed by atoms with van der Waals surface area (Å²) in [6, 6.07) is 27.9. The number of pyridine rings is 2. The van der Waals surface area contributed by atoms with Gasteiger partial charge in [-0.3, -0.25) is 14.9 Å². The van der Waals surface area contributed by atoms with E-state index in [9.17, 15) is 9.18 Å². The minimum Gasteiger partial charge on any atom is -0.492 e. The number of carbonyl (C=O) groups is 1. The molecule has 47 heavy (non-hydrogen) atoms. The number of hydrogen-bond acceptors (Lipinski definition) is 6. The van der Waals surface area contributed by atoms with E-state index in [0.29, 0.717) is 34.9 Å². The minimum atomic E-state index is -0.362. The van der Waals surface area contributed by atoms with E-state index in [2.05, 4.69) is 25.5 Å². The van der Waals surface area contributed by atoms with E-state index in [1.54, 1.807) is 12.4 Å². The van der Waals surface area contributed by atoms with Crippen LogP contribution in [0.25, 0.3) is 55.7 Å². The van der Waals surface area contributed by atoms with Gasteiger partial charge in [-0.2, -0.15) is 5.10 Å². The van der Waals surface area contributed by atoms with E-state index in [1.165, 1.54) is 12.1 Å². The summed E-state index contributed by atoms with van der Waals surface area (Å²) in [6.45, 7) is 1.18. The van der Waals surface area contributed by atoms with Gasteiger partial charge in [-0.15, -0.1) is 0 Å². The number of likely N-dealkylation sites (N-methyl/N-ethyl adjacent to an activating group) is 1. The van der Waals surface area contributed by atoms with Gasteiger partial charge in [-0.1, -0.05) is 42.5 Å². The van der Waals surface area contributed by atoms with Crippen molar-refractivity contribution in [1.82, 2.24) is 30.0 Å². The Morgan fingerprint density at radius 1 is 0.915 bits per heavy atom. The number of aromatic amines is 2. The zero-order chi connectivity index (χ0) is 32.3. The lowest BCUT2D eigenvalue weighted by Gasteiger charge is -2.12. The van der Waals surface area contributed by atoms with Crippen LogP contribution in [0.1, 0.15) is 5.56 Å². The second-order valence-corrected chi connectivity index (χ2v) is 11.6. The molecule has 0 aliphatic rings. The van der Waals surface area contributed by atoms with Gasteiger partial charge in [0.1, 0.15) is 29.4 Å². The summed E-state index contributed by atoms with van der Waals surface area (Å²) in [5.74, 6) is -0.00130. The molecular weight excluding hydrogens is 593 g/mol. The monoisotopic (exact) mass is 625 g/mol. The van der Waals surface area contributed by atoms with Crippen LogP contribution in [0.15, 0.2) is 103 Å². The summed E-state index contributed by atoms with van der Waals surface area (Å²) >= 11 is 0. The molecule has 0 spiro atoms. The Hall–Kier alpha value is -5.87. The number of aromatic nitrogens is 5. The second-order valence-electron chi connectivity index (χ2n) is 11.6. The Bertz CT molecular complexity index is 2210. The molecule has 0 aliphatic heterocycles. The Morgan fingerprint density at radius 2 is 1.79 bits per heavy atom. The van der Waals surface area contributed by atoms with Crippen molar-refractivity contribution in [3.8, 4) is 39.5 Å². The lowest BCUT2D eigenvalue weighted by Crippen LogP contribution is -2.19. The minimum absolute atomic E-state index is 0.125. The zero-order valence-corrected chi connectivity index (χ0v) is 25.9. The SMILES string of the molecule is CN(C)CCOc1cc(F)cc(-c2cccc3[nH]c(-c4n[nH]c5ccc(-c6cncc(NC(=O)Cc7ccccc7)c6)nc45)cc23)c1. The summed E-state index contributed by atoms with van der Waals surface area (Å²) in [5, 5.41) is 11.5. The third-order valence-corrected chi connectivity index (χ3v) is 7.84. The van der Waals surface area contributed by atoms with E-state index in [-0.39, 0.29) is 18.1 Å². The topological polar surface area (TPSA) is 112 Å². The number of benzene rings is 3. The quantitative estimate of drug-likeness (QED) is 0.150. The Balaban J connectivity index is 1.18. The van der Waals surface area contributed by atoms with Gasteiger partial charge in [0.15, 0.2) is 0 Å². The molecule has 7 rings (SSSR count). The largest absolute Gasteiger partial charge is 0.492 e. The Kier molecular flexibility index (Phi) is 8.16. The Morgan fingerprint density at radius 3 is 2.64 bits per heavy atom.